The Labute approximate surface area is 67.2 Å². The van der Waals surface area contributed by atoms with Crippen molar-refractivity contribution in [2.75, 3.05) is 0 Å². The number of hydrogen-bond donors (Lipinski definition) is 0. The van der Waals surface area contributed by atoms with Crippen molar-refractivity contribution in [3.8, 4) is 0 Å². The second kappa shape index (κ2) is 4.35. The zero-order valence-corrected chi connectivity index (χ0v) is 8.44. The van der Waals surface area contributed by atoms with Crippen LogP contribution >= 0.6 is 37.2 Å². The maximum atomic E-state index is 5.01. The van der Waals surface area contributed by atoms with Crippen molar-refractivity contribution < 1.29 is 30.9 Å². The minimum atomic E-state index is -3.11. The molecule has 0 unspecified atom stereocenters. The second-order valence-electron chi connectivity index (χ2n) is 0.429. The third-order valence-electron chi connectivity index (χ3n) is 0. The molecule has 0 N–H and O–H groups in total. The van der Waals surface area contributed by atoms with Gasteiger partial charge in [-0.15, -0.1) is 0 Å². The third kappa shape index (κ3) is 31.8. The summed E-state index contributed by atoms with van der Waals surface area (Å²) in [5.74, 6) is 0. The predicted octanol–water partition coefficient (Wildman–Crippen LogP) is 2.75. The Hall–Kier alpha value is 2.46. The molecule has 0 saturated carbocycles. The molecule has 0 saturated heterocycles. The van der Waals surface area contributed by atoms with Gasteiger partial charge in [-0.25, -0.2) is 0 Å². The van der Waals surface area contributed by atoms with Gasteiger partial charge >= 0.3 is 49.6 Å². The van der Waals surface area contributed by atoms with Gasteiger partial charge in [-0.1, -0.05) is 0 Å². The van der Waals surface area contributed by atoms with E-state index < -0.39 is 12.3 Å². The van der Waals surface area contributed by atoms with Gasteiger partial charge in [0.15, 0.2) is 0 Å². The summed E-state index contributed by atoms with van der Waals surface area (Å²) < 4.78 is 0. The Bertz CT molecular complexity index is 23.0. The Balaban J connectivity index is 0. The summed E-state index contributed by atoms with van der Waals surface area (Å²) in [6, 6.07) is 0. The molecule has 0 bridgehead atoms. The van der Waals surface area contributed by atoms with Gasteiger partial charge in [0.05, 0.1) is 0 Å². The summed E-state index contributed by atoms with van der Waals surface area (Å²) in [5.41, 5.74) is 0. The minimum absolute atomic E-state index is 0. The Morgan fingerprint density at radius 3 is 0.833 bits per heavy atom. The standard InChI is InChI=1S/4ClH.Ti.V/h4*1H;;/q;;;;+4;/p-4. The van der Waals surface area contributed by atoms with Crippen LogP contribution in [0.2, 0.25) is 0 Å². The van der Waals surface area contributed by atoms with Crippen LogP contribution in [0.5, 0.6) is 0 Å². The second-order valence-corrected chi connectivity index (χ2v) is 15.9. The van der Waals surface area contributed by atoms with E-state index in [-0.39, 0.29) is 18.6 Å². The van der Waals surface area contributed by atoms with Crippen molar-refractivity contribution in [2.24, 2.45) is 0 Å². The molecule has 0 aromatic rings. The van der Waals surface area contributed by atoms with E-state index in [2.05, 4.69) is 0 Å². The Morgan fingerprint density at radius 2 is 0.833 bits per heavy atom. The van der Waals surface area contributed by atoms with Crippen LogP contribution in [0.1, 0.15) is 0 Å². The molecule has 6 heavy (non-hydrogen) atoms. The van der Waals surface area contributed by atoms with Crippen LogP contribution in [0, 0.1) is 0 Å². The van der Waals surface area contributed by atoms with Crippen LogP contribution in [0.25, 0.3) is 0 Å². The third-order valence-corrected chi connectivity index (χ3v) is 0. The van der Waals surface area contributed by atoms with Crippen molar-refractivity contribution in [3.63, 3.8) is 0 Å². The fraction of sp³-hybridized carbons (Fsp3) is 0. The van der Waals surface area contributed by atoms with E-state index in [0.717, 1.165) is 0 Å². The molecule has 0 aromatic carbocycles. The minimum Gasteiger partial charge on any atom is 0 e. The smallest absolute Gasteiger partial charge is 0 e. The Kier molecular flexibility index (Phi) is 8.18. The van der Waals surface area contributed by atoms with Crippen molar-refractivity contribution >= 4 is 37.2 Å². The first kappa shape index (κ1) is 11.3. The molecule has 0 rings (SSSR count). The average Bonchev–Trinajstić information content (AvgIpc) is 0.722. The molecule has 0 spiro atoms. The molecule has 0 aliphatic heterocycles. The van der Waals surface area contributed by atoms with Gasteiger partial charge in [0.25, 0.3) is 0 Å². The maximum absolute atomic E-state index is 5.01. The molecule has 0 aliphatic carbocycles. The van der Waals surface area contributed by atoms with Crippen LogP contribution in [-0.2, 0) is 30.9 Å². The van der Waals surface area contributed by atoms with Crippen LogP contribution in [0.3, 0.4) is 0 Å². The molecular weight excluding hydrogens is 241 g/mol. The summed E-state index contributed by atoms with van der Waals surface area (Å²) in [5, 5.41) is 0. The molecule has 0 atom stereocenters. The molecular formula is Cl4TiV. The first-order valence-electron chi connectivity index (χ1n) is 0.756. The van der Waals surface area contributed by atoms with E-state index in [1.165, 1.54) is 0 Å². The fourth-order valence-corrected chi connectivity index (χ4v) is 0. The topological polar surface area (TPSA) is 0 Å². The van der Waals surface area contributed by atoms with Crippen LogP contribution in [0.15, 0.2) is 0 Å². The first-order valence-corrected chi connectivity index (χ1v) is 9.35. The molecule has 0 aromatic heterocycles. The van der Waals surface area contributed by atoms with E-state index in [4.69, 9.17) is 37.2 Å². The van der Waals surface area contributed by atoms with Gasteiger partial charge in [-0.05, 0) is 0 Å². The van der Waals surface area contributed by atoms with Gasteiger partial charge in [0, 0.05) is 18.6 Å². The zero-order chi connectivity index (χ0) is 4.50. The number of hydrogen-bond acceptors (Lipinski definition) is 0. The Morgan fingerprint density at radius 1 is 0.833 bits per heavy atom. The van der Waals surface area contributed by atoms with Crippen LogP contribution in [0.4, 0.5) is 0 Å². The van der Waals surface area contributed by atoms with Gasteiger partial charge < -0.3 is 0 Å². The number of rotatable bonds is 0. The van der Waals surface area contributed by atoms with E-state index in [1.807, 2.05) is 0 Å². The predicted molar refractivity (Wildman–Crippen MR) is 23.4 cm³/mol. The SMILES string of the molecule is [Cl][Ti]([Cl])([Cl])[Cl].[V]. The van der Waals surface area contributed by atoms with Gasteiger partial charge in [-0.2, -0.15) is 0 Å². The summed E-state index contributed by atoms with van der Waals surface area (Å²) in [4.78, 5) is 0. The van der Waals surface area contributed by atoms with Crippen molar-refractivity contribution in [3.05, 3.63) is 0 Å². The fourth-order valence-electron chi connectivity index (χ4n) is 0. The molecule has 0 aliphatic rings. The summed E-state index contributed by atoms with van der Waals surface area (Å²) in [7, 11) is 20.1. The maximum Gasteiger partial charge on any atom is 0 e. The zero-order valence-electron chi connectivity index (χ0n) is 2.46. The normalized spacial score (nSPS) is 10.0. The molecule has 37 valence electrons. The van der Waals surface area contributed by atoms with Gasteiger partial charge in [0.2, 0.25) is 0 Å². The van der Waals surface area contributed by atoms with E-state index in [0.29, 0.717) is 0 Å². The molecule has 0 heterocycles. The van der Waals surface area contributed by atoms with E-state index >= 15 is 0 Å². The first-order chi connectivity index (χ1) is 2.00. The number of halogens is 4. The van der Waals surface area contributed by atoms with E-state index in [1.54, 1.807) is 0 Å². The average molecular weight is 241 g/mol. The summed E-state index contributed by atoms with van der Waals surface area (Å²) in [6.07, 6.45) is 0. The van der Waals surface area contributed by atoms with Crippen LogP contribution < -0.4 is 0 Å². The molecule has 0 nitrogen and oxygen atoms in total. The largest absolute Gasteiger partial charge is 0 e. The van der Waals surface area contributed by atoms with Gasteiger partial charge in [0.1, 0.15) is 0 Å². The quantitative estimate of drug-likeness (QED) is 0.571. The monoisotopic (exact) mass is 239 g/mol. The van der Waals surface area contributed by atoms with Gasteiger partial charge in [-0.3, -0.25) is 0 Å². The molecule has 0 amide bonds. The summed E-state index contributed by atoms with van der Waals surface area (Å²) >= 11 is -3.11. The molecule has 1 radical (unpaired) electrons. The van der Waals surface area contributed by atoms with Crippen molar-refractivity contribution in [2.45, 2.75) is 0 Å². The van der Waals surface area contributed by atoms with Crippen molar-refractivity contribution in [1.29, 1.82) is 0 Å². The van der Waals surface area contributed by atoms with E-state index in [9.17, 15) is 0 Å². The molecule has 6 heteroatoms. The van der Waals surface area contributed by atoms with Crippen LogP contribution in [-0.4, -0.2) is 0 Å². The summed E-state index contributed by atoms with van der Waals surface area (Å²) in [6.45, 7) is 0. The van der Waals surface area contributed by atoms with Crippen molar-refractivity contribution in [1.82, 2.24) is 0 Å². The molecule has 0 fully saturated rings.